The van der Waals surface area contributed by atoms with Gasteiger partial charge in [0.1, 0.15) is 12.4 Å². The monoisotopic (exact) mass is 240 g/mol. The molecular formula is C14H25FN2+2. The van der Waals surface area contributed by atoms with Crippen molar-refractivity contribution in [1.82, 2.24) is 0 Å². The number of hydrogen-bond donors (Lipinski definition) is 2. The highest BCUT2D eigenvalue weighted by Crippen LogP contribution is 2.03. The van der Waals surface area contributed by atoms with Crippen LogP contribution >= 0.6 is 0 Å². The summed E-state index contributed by atoms with van der Waals surface area (Å²) in [7, 11) is 0. The maximum Gasteiger partial charge on any atom is 0.132 e. The maximum atomic E-state index is 13.3. The zero-order valence-electron chi connectivity index (χ0n) is 11.0. The molecule has 0 aliphatic heterocycles. The predicted octanol–water partition coefficient (Wildman–Crippen LogP) is 0.204. The van der Waals surface area contributed by atoms with Gasteiger partial charge in [0.05, 0.1) is 26.2 Å². The van der Waals surface area contributed by atoms with Crippen LogP contribution in [-0.2, 0) is 6.54 Å². The van der Waals surface area contributed by atoms with Gasteiger partial charge in [-0.3, -0.25) is 0 Å². The van der Waals surface area contributed by atoms with Gasteiger partial charge in [-0.15, -0.1) is 0 Å². The Morgan fingerprint density at radius 1 is 1.18 bits per heavy atom. The molecule has 0 saturated carbocycles. The summed E-state index contributed by atoms with van der Waals surface area (Å²) < 4.78 is 13.3. The van der Waals surface area contributed by atoms with E-state index in [1.54, 1.807) is 11.0 Å². The number of rotatable bonds is 8. The van der Waals surface area contributed by atoms with E-state index in [1.807, 2.05) is 12.1 Å². The van der Waals surface area contributed by atoms with Crippen LogP contribution in [0.15, 0.2) is 24.3 Å². The van der Waals surface area contributed by atoms with Gasteiger partial charge in [-0.05, 0) is 19.9 Å². The summed E-state index contributed by atoms with van der Waals surface area (Å²) in [6.07, 6.45) is 1.20. The Morgan fingerprint density at radius 3 is 2.53 bits per heavy atom. The average Bonchev–Trinajstić information content (AvgIpc) is 2.36. The van der Waals surface area contributed by atoms with Crippen molar-refractivity contribution in [3.05, 3.63) is 35.6 Å². The Morgan fingerprint density at radius 2 is 1.88 bits per heavy atom. The summed E-state index contributed by atoms with van der Waals surface area (Å²) in [5.41, 5.74) is 0.808. The number of nitrogens with two attached hydrogens (primary N) is 1. The zero-order valence-corrected chi connectivity index (χ0v) is 11.0. The fraction of sp³-hybridized carbons (Fsp3) is 0.571. The molecule has 0 aliphatic rings. The first-order valence-electron chi connectivity index (χ1n) is 6.66. The van der Waals surface area contributed by atoms with Crippen molar-refractivity contribution < 1.29 is 14.6 Å². The summed E-state index contributed by atoms with van der Waals surface area (Å²) in [5, 5.41) is 2.20. The highest BCUT2D eigenvalue weighted by atomic mass is 19.1. The number of quaternary nitrogens is 2. The Kier molecular flexibility index (Phi) is 6.82. The van der Waals surface area contributed by atoms with Crippen molar-refractivity contribution in [3.8, 4) is 0 Å². The average molecular weight is 240 g/mol. The van der Waals surface area contributed by atoms with Crippen LogP contribution in [0, 0.1) is 5.82 Å². The molecule has 0 aromatic heterocycles. The van der Waals surface area contributed by atoms with Crippen molar-refractivity contribution in [2.24, 2.45) is 0 Å². The quantitative estimate of drug-likeness (QED) is 0.606. The molecule has 0 amide bonds. The van der Waals surface area contributed by atoms with Crippen molar-refractivity contribution in [3.63, 3.8) is 0 Å². The molecule has 3 heteroatoms. The second-order valence-corrected chi connectivity index (χ2v) is 4.43. The minimum atomic E-state index is -0.0851. The van der Waals surface area contributed by atoms with Crippen molar-refractivity contribution >= 4 is 0 Å². The molecule has 17 heavy (non-hydrogen) atoms. The molecule has 0 radical (unpaired) electrons. The first kappa shape index (κ1) is 14.1. The van der Waals surface area contributed by atoms with E-state index < -0.39 is 0 Å². The lowest BCUT2D eigenvalue weighted by Gasteiger charge is -2.14. The van der Waals surface area contributed by atoms with E-state index in [0.29, 0.717) is 0 Å². The van der Waals surface area contributed by atoms with Gasteiger partial charge in [0, 0.05) is 12.0 Å². The first-order valence-corrected chi connectivity index (χ1v) is 6.66. The maximum absolute atomic E-state index is 13.3. The van der Waals surface area contributed by atoms with Crippen LogP contribution in [0.4, 0.5) is 4.39 Å². The molecule has 2 nitrogen and oxygen atoms in total. The van der Waals surface area contributed by atoms with Gasteiger partial charge in [-0.2, -0.15) is 0 Å². The second kappa shape index (κ2) is 8.20. The minimum absolute atomic E-state index is 0.0851. The summed E-state index contributed by atoms with van der Waals surface area (Å²) >= 11 is 0. The smallest absolute Gasteiger partial charge is 0.132 e. The lowest BCUT2D eigenvalue weighted by molar-refractivity contribution is -0.898. The number of hydrogen-bond acceptors (Lipinski definition) is 0. The van der Waals surface area contributed by atoms with E-state index in [9.17, 15) is 4.39 Å². The molecule has 0 heterocycles. The van der Waals surface area contributed by atoms with E-state index in [-0.39, 0.29) is 5.82 Å². The van der Waals surface area contributed by atoms with Crippen molar-refractivity contribution in [2.45, 2.75) is 26.8 Å². The highest BCUT2D eigenvalue weighted by molar-refractivity contribution is 5.15. The van der Waals surface area contributed by atoms with Crippen molar-refractivity contribution in [2.75, 3.05) is 26.2 Å². The van der Waals surface area contributed by atoms with Gasteiger partial charge in [-0.1, -0.05) is 18.2 Å². The molecule has 96 valence electrons. The molecule has 0 spiro atoms. The summed E-state index contributed by atoms with van der Waals surface area (Å²) in [6, 6.07) is 7.03. The Labute approximate surface area is 104 Å². The Hall–Kier alpha value is -0.930. The predicted molar refractivity (Wildman–Crippen MR) is 68.4 cm³/mol. The molecule has 3 N–H and O–H groups in total. The molecule has 1 rings (SSSR count). The highest BCUT2D eigenvalue weighted by Gasteiger charge is 2.04. The molecule has 0 bridgehead atoms. The third-order valence-corrected chi connectivity index (χ3v) is 3.26. The molecule has 1 aromatic rings. The third kappa shape index (κ3) is 5.29. The van der Waals surface area contributed by atoms with Gasteiger partial charge in [0.25, 0.3) is 0 Å². The van der Waals surface area contributed by atoms with Crippen LogP contribution in [0.2, 0.25) is 0 Å². The third-order valence-electron chi connectivity index (χ3n) is 3.26. The van der Waals surface area contributed by atoms with Crippen molar-refractivity contribution in [1.29, 1.82) is 0 Å². The largest absolute Gasteiger partial charge is 0.342 e. The van der Waals surface area contributed by atoms with E-state index in [4.69, 9.17) is 0 Å². The molecule has 0 atom stereocenters. The standard InChI is InChI=1S/C14H23FN2/c1-3-17(4-2)11-7-10-16-12-13-8-5-6-9-14(13)15/h5-6,8-9,16H,3-4,7,10-12H2,1-2H3/p+2. The number of halogens is 1. The second-order valence-electron chi connectivity index (χ2n) is 4.43. The zero-order chi connectivity index (χ0) is 12.5. The first-order chi connectivity index (χ1) is 8.27. The number of benzene rings is 1. The van der Waals surface area contributed by atoms with E-state index >= 15 is 0 Å². The van der Waals surface area contributed by atoms with Gasteiger partial charge in [0.15, 0.2) is 0 Å². The molecular weight excluding hydrogens is 215 g/mol. The molecule has 0 unspecified atom stereocenters. The number of nitrogens with one attached hydrogen (secondary N) is 1. The van der Waals surface area contributed by atoms with Crippen LogP contribution in [0.5, 0.6) is 0 Å². The summed E-state index contributed by atoms with van der Waals surface area (Å²) in [5.74, 6) is -0.0851. The van der Waals surface area contributed by atoms with E-state index in [0.717, 1.165) is 18.7 Å². The van der Waals surface area contributed by atoms with Gasteiger partial charge >= 0.3 is 0 Å². The lowest BCUT2D eigenvalue weighted by atomic mass is 10.2. The summed E-state index contributed by atoms with van der Waals surface area (Å²) in [6.45, 7) is 9.90. The summed E-state index contributed by atoms with van der Waals surface area (Å²) in [4.78, 5) is 1.64. The van der Waals surface area contributed by atoms with Gasteiger partial charge in [-0.25, -0.2) is 4.39 Å². The molecule has 1 aromatic carbocycles. The van der Waals surface area contributed by atoms with Crippen LogP contribution < -0.4 is 10.2 Å². The molecule has 0 saturated heterocycles. The van der Waals surface area contributed by atoms with Gasteiger partial charge in [0.2, 0.25) is 0 Å². The molecule has 0 fully saturated rings. The molecule has 0 aliphatic carbocycles. The Bertz CT molecular complexity index is 311. The van der Waals surface area contributed by atoms with E-state index in [1.165, 1.54) is 32.1 Å². The van der Waals surface area contributed by atoms with Crippen LogP contribution in [0.1, 0.15) is 25.8 Å². The Balaban J connectivity index is 2.14. The van der Waals surface area contributed by atoms with Gasteiger partial charge < -0.3 is 10.2 Å². The fourth-order valence-electron chi connectivity index (χ4n) is 2.02. The topological polar surface area (TPSA) is 21.1 Å². The SMILES string of the molecule is CC[NH+](CC)CCC[NH2+]Cc1ccccc1F. The normalized spacial score (nSPS) is 11.1. The van der Waals surface area contributed by atoms with E-state index in [2.05, 4.69) is 19.2 Å². The lowest BCUT2D eigenvalue weighted by Crippen LogP contribution is -3.11. The minimum Gasteiger partial charge on any atom is -0.342 e. The van der Waals surface area contributed by atoms with Crippen LogP contribution in [0.25, 0.3) is 0 Å². The fourth-order valence-corrected chi connectivity index (χ4v) is 2.02. The van der Waals surface area contributed by atoms with Crippen LogP contribution in [0.3, 0.4) is 0 Å². The van der Waals surface area contributed by atoms with Crippen LogP contribution in [-0.4, -0.2) is 26.2 Å².